The van der Waals surface area contributed by atoms with Crippen LogP contribution in [0.1, 0.15) is 41.3 Å². The van der Waals surface area contributed by atoms with E-state index in [1.54, 1.807) is 28.0 Å². The van der Waals surface area contributed by atoms with Crippen molar-refractivity contribution < 1.29 is 24.2 Å². The van der Waals surface area contributed by atoms with Crippen LogP contribution in [0.2, 0.25) is 0 Å². The summed E-state index contributed by atoms with van der Waals surface area (Å²) in [6.45, 7) is 4.53. The van der Waals surface area contributed by atoms with Gasteiger partial charge in [0.1, 0.15) is 6.54 Å². The van der Waals surface area contributed by atoms with Crippen molar-refractivity contribution in [2.24, 2.45) is 5.92 Å². The Hall–Kier alpha value is -3.50. The summed E-state index contributed by atoms with van der Waals surface area (Å²) < 4.78 is 10.7. The minimum Gasteiger partial charge on any atom is -0.454 e. The molecule has 0 radical (unpaired) electrons. The fourth-order valence-corrected chi connectivity index (χ4v) is 4.88. The van der Waals surface area contributed by atoms with Crippen molar-refractivity contribution in [3.05, 3.63) is 59.2 Å². The number of aliphatic hydroxyl groups excluding tert-OH is 1. The summed E-state index contributed by atoms with van der Waals surface area (Å²) in [6.07, 6.45) is 0. The molecule has 2 fully saturated rings. The van der Waals surface area contributed by atoms with Gasteiger partial charge in [-0.1, -0.05) is 37.8 Å². The molecule has 0 bridgehead atoms. The van der Waals surface area contributed by atoms with Crippen LogP contribution in [0.4, 0.5) is 0 Å². The molecule has 2 aromatic rings. The third kappa shape index (κ3) is 3.81. The van der Waals surface area contributed by atoms with Crippen molar-refractivity contribution >= 4 is 11.8 Å². The van der Waals surface area contributed by atoms with Crippen molar-refractivity contribution in [2.75, 3.05) is 26.5 Å². The number of nitrogens with zero attached hydrogens (tertiary/aromatic N) is 2. The quantitative estimate of drug-likeness (QED) is 0.732. The summed E-state index contributed by atoms with van der Waals surface area (Å²) in [7, 11) is 0. The van der Waals surface area contributed by atoms with E-state index in [-0.39, 0.29) is 49.8 Å². The molecular formula is C26H26N2O5. The molecule has 3 aliphatic rings. The second kappa shape index (κ2) is 8.45. The molecule has 0 aromatic heterocycles. The van der Waals surface area contributed by atoms with E-state index in [2.05, 4.69) is 11.8 Å². The highest BCUT2D eigenvalue weighted by molar-refractivity contribution is 5.98. The van der Waals surface area contributed by atoms with E-state index < -0.39 is 0 Å². The third-order valence-corrected chi connectivity index (χ3v) is 6.46. The Morgan fingerprint density at radius 2 is 1.91 bits per heavy atom. The van der Waals surface area contributed by atoms with E-state index in [9.17, 15) is 14.7 Å². The number of hydrogen-bond donors (Lipinski definition) is 1. The minimum absolute atomic E-state index is 0.00325. The summed E-state index contributed by atoms with van der Waals surface area (Å²) in [6, 6.07) is 12.6. The van der Waals surface area contributed by atoms with Crippen LogP contribution in [0.5, 0.6) is 11.5 Å². The average molecular weight is 447 g/mol. The van der Waals surface area contributed by atoms with Gasteiger partial charge in [0.15, 0.2) is 11.5 Å². The molecule has 33 heavy (non-hydrogen) atoms. The van der Waals surface area contributed by atoms with Gasteiger partial charge >= 0.3 is 0 Å². The first-order valence-corrected chi connectivity index (χ1v) is 11.2. The first-order chi connectivity index (χ1) is 16.0. The van der Waals surface area contributed by atoms with E-state index >= 15 is 0 Å². The molecule has 7 nitrogen and oxygen atoms in total. The van der Waals surface area contributed by atoms with Gasteiger partial charge in [0.05, 0.1) is 18.7 Å². The van der Waals surface area contributed by atoms with Gasteiger partial charge in [-0.25, -0.2) is 0 Å². The first-order valence-electron chi connectivity index (χ1n) is 11.2. The van der Waals surface area contributed by atoms with Crippen LogP contribution in [-0.4, -0.2) is 65.3 Å². The molecule has 3 atom stereocenters. The zero-order valence-corrected chi connectivity index (χ0v) is 18.7. The largest absolute Gasteiger partial charge is 0.454 e. The normalized spacial score (nSPS) is 23.0. The molecule has 3 heterocycles. The maximum atomic E-state index is 13.2. The number of carbonyl (C=O) groups is 2. The number of carbonyl (C=O) groups excluding carboxylic acids is 2. The molecule has 0 aliphatic carbocycles. The highest BCUT2D eigenvalue weighted by atomic mass is 16.7. The number of aliphatic hydroxyl groups is 1. The van der Waals surface area contributed by atoms with Gasteiger partial charge < -0.3 is 24.4 Å². The van der Waals surface area contributed by atoms with Crippen LogP contribution >= 0.6 is 0 Å². The summed E-state index contributed by atoms with van der Waals surface area (Å²) in [4.78, 5) is 29.4. The number of rotatable bonds is 3. The Morgan fingerprint density at radius 1 is 1.15 bits per heavy atom. The van der Waals surface area contributed by atoms with Gasteiger partial charge in [0, 0.05) is 29.5 Å². The van der Waals surface area contributed by atoms with E-state index in [4.69, 9.17) is 9.47 Å². The van der Waals surface area contributed by atoms with Gasteiger partial charge in [-0.3, -0.25) is 9.59 Å². The van der Waals surface area contributed by atoms with Crippen LogP contribution < -0.4 is 9.47 Å². The van der Waals surface area contributed by atoms with Crippen LogP contribution in [0.15, 0.2) is 42.5 Å². The van der Waals surface area contributed by atoms with Gasteiger partial charge in [-0.2, -0.15) is 0 Å². The van der Waals surface area contributed by atoms with Gasteiger partial charge in [0.25, 0.3) is 5.91 Å². The summed E-state index contributed by atoms with van der Waals surface area (Å²) in [5.74, 6) is 7.35. The molecular weight excluding hydrogens is 420 g/mol. The molecule has 5 rings (SSSR count). The summed E-state index contributed by atoms with van der Waals surface area (Å²) in [5, 5.41) is 9.99. The SMILES string of the molecule is CC(C)C#Cc1ccc([C@H]2[C@@H](CO)N3C(=O)CN(C(=O)c4ccc5c(c4)OCO5)C[C@H]23)cc1. The maximum absolute atomic E-state index is 13.2. The Bertz CT molecular complexity index is 1150. The molecule has 0 saturated carbocycles. The van der Waals surface area contributed by atoms with E-state index in [0.29, 0.717) is 29.5 Å². The predicted octanol–water partition coefficient (Wildman–Crippen LogP) is 2.23. The van der Waals surface area contributed by atoms with Crippen molar-refractivity contribution in [3.63, 3.8) is 0 Å². The Kier molecular flexibility index (Phi) is 5.47. The zero-order chi connectivity index (χ0) is 23.1. The fraction of sp³-hybridized carbons (Fsp3) is 0.385. The lowest BCUT2D eigenvalue weighted by Gasteiger charge is -2.58. The predicted molar refractivity (Wildman–Crippen MR) is 121 cm³/mol. The lowest BCUT2D eigenvalue weighted by molar-refractivity contribution is -0.159. The molecule has 2 saturated heterocycles. The Labute approximate surface area is 192 Å². The molecule has 0 unspecified atom stereocenters. The average Bonchev–Trinajstić information content (AvgIpc) is 3.27. The number of hydrogen-bond acceptors (Lipinski definition) is 5. The van der Waals surface area contributed by atoms with Crippen molar-refractivity contribution in [1.29, 1.82) is 0 Å². The number of ether oxygens (including phenoxy) is 2. The van der Waals surface area contributed by atoms with Crippen molar-refractivity contribution in [3.8, 4) is 23.3 Å². The molecule has 2 amide bonds. The first kappa shape index (κ1) is 21.4. The highest BCUT2D eigenvalue weighted by Gasteiger charge is 2.54. The molecule has 170 valence electrons. The summed E-state index contributed by atoms with van der Waals surface area (Å²) >= 11 is 0. The third-order valence-electron chi connectivity index (χ3n) is 6.46. The fourth-order valence-electron chi connectivity index (χ4n) is 4.88. The monoisotopic (exact) mass is 446 g/mol. The van der Waals surface area contributed by atoms with E-state index in [1.807, 2.05) is 38.1 Å². The lowest BCUT2D eigenvalue weighted by Crippen LogP contribution is -2.73. The standard InChI is InChI=1S/C26H26N2O5/c1-16(2)3-4-17-5-7-18(8-6-17)25-20-12-27(13-24(30)28(20)21(25)14-29)26(31)19-9-10-22-23(11-19)33-15-32-22/h5-11,16,20-21,25,29H,12-15H2,1-2H3/t20-,21-,25-/m1/s1. The molecule has 2 aromatic carbocycles. The van der Waals surface area contributed by atoms with Gasteiger partial charge in [-0.15, -0.1) is 0 Å². The van der Waals surface area contributed by atoms with Crippen LogP contribution in [0, 0.1) is 17.8 Å². The smallest absolute Gasteiger partial charge is 0.254 e. The molecule has 0 spiro atoms. The lowest BCUT2D eigenvalue weighted by atomic mass is 9.73. The van der Waals surface area contributed by atoms with Crippen LogP contribution in [-0.2, 0) is 4.79 Å². The van der Waals surface area contributed by atoms with Gasteiger partial charge in [0.2, 0.25) is 12.7 Å². The summed E-state index contributed by atoms with van der Waals surface area (Å²) in [5.41, 5.74) is 2.43. The van der Waals surface area contributed by atoms with Crippen LogP contribution in [0.25, 0.3) is 0 Å². The van der Waals surface area contributed by atoms with Crippen LogP contribution in [0.3, 0.4) is 0 Å². The minimum atomic E-state index is -0.280. The number of fused-ring (bicyclic) bond motifs is 2. The molecule has 7 heteroatoms. The number of benzene rings is 2. The number of piperazine rings is 1. The van der Waals surface area contributed by atoms with Gasteiger partial charge in [-0.05, 0) is 35.9 Å². The maximum Gasteiger partial charge on any atom is 0.254 e. The topological polar surface area (TPSA) is 79.3 Å². The Morgan fingerprint density at radius 3 is 2.64 bits per heavy atom. The van der Waals surface area contributed by atoms with E-state index in [0.717, 1.165) is 11.1 Å². The molecule has 1 N–H and O–H groups in total. The Balaban J connectivity index is 1.36. The zero-order valence-electron chi connectivity index (χ0n) is 18.7. The van der Waals surface area contributed by atoms with Crippen molar-refractivity contribution in [2.45, 2.75) is 31.8 Å². The van der Waals surface area contributed by atoms with E-state index in [1.165, 1.54) is 0 Å². The highest BCUT2D eigenvalue weighted by Crippen LogP contribution is 2.43. The molecule has 3 aliphatic heterocycles. The second-order valence-electron chi connectivity index (χ2n) is 8.94. The second-order valence-corrected chi connectivity index (χ2v) is 8.94. The van der Waals surface area contributed by atoms with Crippen molar-refractivity contribution in [1.82, 2.24) is 9.80 Å². The number of amides is 2.